The van der Waals surface area contributed by atoms with Crippen LogP contribution in [-0.4, -0.2) is 139 Å². The lowest BCUT2D eigenvalue weighted by Gasteiger charge is -2.63. The van der Waals surface area contributed by atoms with Gasteiger partial charge in [0.05, 0.1) is 32.9 Å². The van der Waals surface area contributed by atoms with Gasteiger partial charge in [-0.3, -0.25) is 19.3 Å². The summed E-state index contributed by atoms with van der Waals surface area (Å²) in [5, 5.41) is 18.0. The van der Waals surface area contributed by atoms with Crippen LogP contribution in [0.25, 0.3) is 22.0 Å². The number of anilines is 1. The summed E-state index contributed by atoms with van der Waals surface area (Å²) in [5.41, 5.74) is -0.0321. The van der Waals surface area contributed by atoms with E-state index in [0.29, 0.717) is 92.8 Å². The summed E-state index contributed by atoms with van der Waals surface area (Å²) < 4.78 is 29.7. The molecule has 2 bridgehead atoms. The highest BCUT2D eigenvalue weighted by Gasteiger charge is 2.80. The number of aromatic nitrogens is 2. The number of fused-ring (bicyclic) bond motifs is 7. The first-order valence-corrected chi connectivity index (χ1v) is 24.6. The van der Waals surface area contributed by atoms with Gasteiger partial charge in [-0.25, -0.2) is 9.78 Å². The van der Waals surface area contributed by atoms with Crippen molar-refractivity contribution in [3.63, 3.8) is 0 Å². The number of aromatic amines is 1. The van der Waals surface area contributed by atoms with E-state index in [1.54, 1.807) is 25.3 Å². The fraction of sp³-hybridized carbons (Fsp3) is 0.500. The summed E-state index contributed by atoms with van der Waals surface area (Å²) in [4.78, 5) is 72.6. The van der Waals surface area contributed by atoms with Crippen LogP contribution in [0.15, 0.2) is 77.6 Å². The number of aliphatic hydroxyl groups is 1. The van der Waals surface area contributed by atoms with Gasteiger partial charge in [0.15, 0.2) is 18.1 Å². The minimum absolute atomic E-state index is 0.156. The van der Waals surface area contributed by atoms with E-state index in [1.807, 2.05) is 49.2 Å². The molecule has 3 N–H and O–H groups in total. The molecule has 1 unspecified atom stereocenters. The van der Waals surface area contributed by atoms with Gasteiger partial charge in [-0.2, -0.15) is 0 Å². The van der Waals surface area contributed by atoms with Crippen molar-refractivity contribution < 1.29 is 47.6 Å². The number of methoxy groups -OCH3 is 3. The second kappa shape index (κ2) is 16.4. The first-order valence-electron chi connectivity index (χ1n) is 24.6. The molecule has 7 heterocycles. The quantitative estimate of drug-likeness (QED) is 0.0945. The van der Waals surface area contributed by atoms with Gasteiger partial charge >= 0.3 is 17.9 Å². The number of H-pyrrole nitrogens is 1. The Morgan fingerprint density at radius 1 is 0.957 bits per heavy atom. The first-order chi connectivity index (χ1) is 33.7. The average molecular weight is 955 g/mol. The third kappa shape index (κ3) is 6.20. The van der Waals surface area contributed by atoms with Gasteiger partial charge in [0, 0.05) is 96.5 Å². The molecule has 1 aliphatic carbocycles. The van der Waals surface area contributed by atoms with Crippen LogP contribution in [0.4, 0.5) is 5.69 Å². The zero-order chi connectivity index (χ0) is 49.1. The molecular weight excluding hydrogens is 893 g/mol. The molecule has 16 heteroatoms. The van der Waals surface area contributed by atoms with E-state index < -0.39 is 57.4 Å². The Hall–Kier alpha value is -6.23. The van der Waals surface area contributed by atoms with Gasteiger partial charge in [0.25, 0.3) is 5.91 Å². The lowest BCUT2D eigenvalue weighted by molar-refractivity contribution is -0.228. The predicted molar refractivity (Wildman–Crippen MR) is 260 cm³/mol. The molecule has 3 fully saturated rings. The lowest BCUT2D eigenvalue weighted by Crippen LogP contribution is -2.81. The maximum Gasteiger partial charge on any atom is 0.344 e. The largest absolute Gasteiger partial charge is 0.496 e. The van der Waals surface area contributed by atoms with Crippen LogP contribution < -0.4 is 15.0 Å². The molecule has 0 radical (unpaired) electrons. The number of piperidine rings is 1. The highest BCUT2D eigenvalue weighted by atomic mass is 16.6. The Morgan fingerprint density at radius 2 is 1.76 bits per heavy atom. The average Bonchev–Trinajstić information content (AvgIpc) is 4.16. The maximum atomic E-state index is 15.7. The second-order valence-corrected chi connectivity index (χ2v) is 20.7. The molecule has 368 valence electrons. The molecule has 1 spiro atoms. The number of benzene rings is 3. The monoisotopic (exact) mass is 954 g/mol. The third-order valence-corrected chi connectivity index (χ3v) is 17.6. The molecule has 16 nitrogen and oxygen atoms in total. The van der Waals surface area contributed by atoms with Crippen molar-refractivity contribution in [1.82, 2.24) is 25.1 Å². The van der Waals surface area contributed by atoms with Crippen LogP contribution in [0.1, 0.15) is 85.6 Å². The van der Waals surface area contributed by atoms with Crippen LogP contribution in [0, 0.1) is 11.3 Å². The highest BCUT2D eigenvalue weighted by Crippen LogP contribution is 2.68. The lowest BCUT2D eigenvalue weighted by atomic mass is 9.47. The van der Waals surface area contributed by atoms with Gasteiger partial charge in [0.2, 0.25) is 5.60 Å². The molecule has 11 rings (SSSR count). The molecule has 1 saturated carbocycles. The summed E-state index contributed by atoms with van der Waals surface area (Å²) in [6.45, 7) is 8.62. The fourth-order valence-electron chi connectivity index (χ4n) is 15.0. The normalized spacial score (nSPS) is 33.0. The summed E-state index contributed by atoms with van der Waals surface area (Å²) in [5.74, 6) is -1.91. The van der Waals surface area contributed by atoms with E-state index in [0.717, 1.165) is 33.4 Å². The van der Waals surface area contributed by atoms with Gasteiger partial charge in [-0.05, 0) is 92.4 Å². The number of nitrogens with zero attached hydrogens (tertiary/aromatic N) is 4. The second-order valence-electron chi connectivity index (χ2n) is 20.7. The Morgan fingerprint density at radius 3 is 2.50 bits per heavy atom. The summed E-state index contributed by atoms with van der Waals surface area (Å²) >= 11 is 0. The van der Waals surface area contributed by atoms with Crippen LogP contribution in [0.2, 0.25) is 0 Å². The Bertz CT molecular complexity index is 3000. The summed E-state index contributed by atoms with van der Waals surface area (Å²) in [6.07, 6.45) is 7.25. The number of amides is 1. The van der Waals surface area contributed by atoms with Crippen molar-refractivity contribution in [2.24, 2.45) is 11.3 Å². The van der Waals surface area contributed by atoms with Crippen molar-refractivity contribution in [1.29, 1.82) is 0 Å². The van der Waals surface area contributed by atoms with Crippen molar-refractivity contribution in [2.45, 2.75) is 99.5 Å². The number of esters is 3. The topological polar surface area (TPSA) is 189 Å². The molecule has 5 aromatic rings. The molecule has 10 atom stereocenters. The Labute approximate surface area is 406 Å². The molecule has 6 aliphatic rings. The first kappa shape index (κ1) is 46.2. The van der Waals surface area contributed by atoms with Crippen LogP contribution in [-0.2, 0) is 45.8 Å². The number of likely N-dealkylation sites (N-methyl/N-ethyl adjacent to an activating group) is 1. The van der Waals surface area contributed by atoms with Gasteiger partial charge in [-0.15, -0.1) is 0 Å². The number of rotatable bonds is 9. The predicted octanol–water partition coefficient (Wildman–Crippen LogP) is 5.57. The number of ether oxygens (including phenoxy) is 4. The van der Waals surface area contributed by atoms with Crippen LogP contribution in [0.3, 0.4) is 0 Å². The van der Waals surface area contributed by atoms with E-state index in [1.165, 1.54) is 27.5 Å². The fourth-order valence-corrected chi connectivity index (χ4v) is 15.0. The number of nitrogens with one attached hydrogen (secondary N) is 2. The smallest absolute Gasteiger partial charge is 0.344 e. The molecule has 2 aromatic heterocycles. The van der Waals surface area contributed by atoms with Crippen molar-refractivity contribution in [3.8, 4) is 5.75 Å². The number of para-hydroxylation sites is 1. The van der Waals surface area contributed by atoms with E-state index in [2.05, 4.69) is 50.2 Å². The summed E-state index contributed by atoms with van der Waals surface area (Å²) in [7, 11) is 6.14. The van der Waals surface area contributed by atoms with Crippen molar-refractivity contribution >= 4 is 51.5 Å². The zero-order valence-electron chi connectivity index (χ0n) is 40.9. The Kier molecular flexibility index (Phi) is 10.8. The SMILES string of the molecule is CC[C@]1(NC(=O)c2ccc3ocnc3c2)C[C@H]2CN(CCc3c([nH]c4ccccc34)[C@@](C(=O)OC)(c3cc4c(cc3OC)N(C)[C@H]3[C@@](O)(C(=O)OC)[C@H](OC(C)=O)[C@]5(CC)C=CCN6CC[C@]43[C@@H]65)C2)C1. The van der Waals surface area contributed by atoms with Gasteiger partial charge in [0.1, 0.15) is 16.7 Å². The number of oxazole rings is 1. The van der Waals surface area contributed by atoms with Gasteiger partial charge in [-0.1, -0.05) is 44.2 Å². The van der Waals surface area contributed by atoms with Crippen molar-refractivity contribution in [2.75, 3.05) is 66.0 Å². The van der Waals surface area contributed by atoms with E-state index in [4.69, 9.17) is 23.4 Å². The third-order valence-electron chi connectivity index (χ3n) is 17.6. The number of hydrogen-bond donors (Lipinski definition) is 3. The van der Waals surface area contributed by atoms with E-state index >= 15 is 4.79 Å². The van der Waals surface area contributed by atoms with Crippen LogP contribution in [0.5, 0.6) is 5.75 Å². The molecule has 1 amide bonds. The zero-order valence-corrected chi connectivity index (χ0v) is 40.9. The molecule has 3 aromatic carbocycles. The minimum Gasteiger partial charge on any atom is -0.496 e. The maximum absolute atomic E-state index is 15.7. The summed E-state index contributed by atoms with van der Waals surface area (Å²) in [6, 6.07) is 16.1. The molecule has 5 aliphatic heterocycles. The van der Waals surface area contributed by atoms with Crippen LogP contribution >= 0.6 is 0 Å². The number of carbonyl (C=O) groups excluding carboxylic acids is 4. The van der Waals surface area contributed by atoms with Crippen molar-refractivity contribution in [3.05, 3.63) is 101 Å². The number of hydrogen-bond acceptors (Lipinski definition) is 14. The number of carbonyl (C=O) groups is 4. The molecular formula is C54H62N6O10. The molecule has 70 heavy (non-hydrogen) atoms. The minimum atomic E-state index is -2.34. The Balaban J connectivity index is 1.13. The van der Waals surface area contributed by atoms with Gasteiger partial charge < -0.3 is 48.6 Å². The van der Waals surface area contributed by atoms with E-state index in [9.17, 15) is 19.5 Å². The standard InChI is InChI=1S/C54H62N6O10/c1-8-50(57-44(62)33-15-16-41-39(23-33)55-30-69-41)26-32-27-53(48(63)67-6,43-35(17-21-59(28-32)29-50)34-13-10-11-14-38(34)56-43)37-24-36-40(25-42(37)66-5)58(4)46-52(36)19-22-60-20-12-18-51(9-2,45(52)60)47(70-31(3)61)54(46,65)49(64)68-7/h10-16,18,23-25,30,32,45-47,56,65H,8-9,17,19-22,26-29H2,1-7H3,(H,57,62)/t32-,45+,46-,47-,50+,51-,52-,53+,54+/m1/s1. The molecule has 2 saturated heterocycles. The van der Waals surface area contributed by atoms with E-state index in [-0.39, 0.29) is 24.3 Å². The highest BCUT2D eigenvalue weighted by molar-refractivity contribution is 5.98.